The van der Waals surface area contributed by atoms with Crippen molar-refractivity contribution in [2.75, 3.05) is 23.8 Å². The number of anilines is 2. The lowest BCUT2D eigenvalue weighted by Crippen LogP contribution is -2.28. The topological polar surface area (TPSA) is 84.5 Å². The quantitative estimate of drug-likeness (QED) is 0.728. The molecule has 3 aromatic rings. The number of hydrogen-bond acceptors (Lipinski definition) is 5. The van der Waals surface area contributed by atoms with Gasteiger partial charge >= 0.3 is 5.69 Å². The summed E-state index contributed by atoms with van der Waals surface area (Å²) in [5.41, 5.74) is 1.86. The summed E-state index contributed by atoms with van der Waals surface area (Å²) < 4.78 is 2.57. The number of rotatable bonds is 6. The summed E-state index contributed by atoms with van der Waals surface area (Å²) in [5.74, 6) is 0.305. The lowest BCUT2D eigenvalue weighted by Gasteiger charge is -2.16. The van der Waals surface area contributed by atoms with Crippen LogP contribution in [0.4, 0.5) is 11.5 Å². The fourth-order valence-electron chi connectivity index (χ4n) is 2.72. The number of fused-ring (bicyclic) bond motifs is 1. The molecule has 1 amide bonds. The highest BCUT2D eigenvalue weighted by atomic mass is 16.2. The molecule has 3 rings (SSSR count). The van der Waals surface area contributed by atoms with Gasteiger partial charge in [0.2, 0.25) is 11.6 Å². The monoisotopic (exact) mass is 354 g/mol. The molecule has 0 saturated carbocycles. The molecule has 0 radical (unpaired) electrons. The number of amides is 1. The van der Waals surface area contributed by atoms with Crippen molar-refractivity contribution in [3.63, 3.8) is 0 Å². The summed E-state index contributed by atoms with van der Waals surface area (Å²) in [7, 11) is 1.90. The zero-order chi connectivity index (χ0) is 18.7. The van der Waals surface area contributed by atoms with Crippen molar-refractivity contribution in [1.82, 2.24) is 19.2 Å². The van der Waals surface area contributed by atoms with Gasteiger partial charge in [0, 0.05) is 31.7 Å². The summed E-state index contributed by atoms with van der Waals surface area (Å²) in [4.78, 5) is 31.1. The lowest BCUT2D eigenvalue weighted by molar-refractivity contribution is -0.117. The Bertz CT molecular complexity index is 974. The summed E-state index contributed by atoms with van der Waals surface area (Å²) in [6.07, 6.45) is 4.07. The lowest BCUT2D eigenvalue weighted by atomic mass is 10.2. The maximum Gasteiger partial charge on any atom is 0.350 e. The molecule has 0 saturated heterocycles. The van der Waals surface area contributed by atoms with E-state index < -0.39 is 0 Å². The van der Waals surface area contributed by atoms with Crippen LogP contribution in [0.5, 0.6) is 0 Å². The van der Waals surface area contributed by atoms with E-state index in [1.165, 1.54) is 4.40 Å². The molecule has 0 spiro atoms. The largest absolute Gasteiger partial charge is 0.357 e. The average Bonchev–Trinajstić information content (AvgIpc) is 2.93. The fraction of sp³-hybridized carbons (Fsp3) is 0.333. The summed E-state index contributed by atoms with van der Waals surface area (Å²) >= 11 is 0. The van der Waals surface area contributed by atoms with Crippen LogP contribution in [0.15, 0.2) is 41.5 Å². The molecule has 2 aromatic heterocycles. The first kappa shape index (κ1) is 17.7. The van der Waals surface area contributed by atoms with Crippen LogP contribution < -0.4 is 15.9 Å². The van der Waals surface area contributed by atoms with Crippen LogP contribution in [0.1, 0.15) is 18.9 Å². The zero-order valence-corrected chi connectivity index (χ0v) is 15.1. The number of nitrogens with one attached hydrogen (secondary N) is 1. The molecule has 0 aliphatic rings. The number of hydrogen-bond donors (Lipinski definition) is 1. The van der Waals surface area contributed by atoms with E-state index in [0.717, 1.165) is 23.2 Å². The minimum absolute atomic E-state index is 0.161. The Morgan fingerprint density at radius 3 is 2.69 bits per heavy atom. The third-order valence-corrected chi connectivity index (χ3v) is 4.03. The Morgan fingerprint density at radius 1 is 1.27 bits per heavy atom. The van der Waals surface area contributed by atoms with Crippen LogP contribution in [-0.2, 0) is 11.3 Å². The smallest absolute Gasteiger partial charge is 0.350 e. The number of aromatic nitrogens is 4. The molecule has 0 fully saturated rings. The van der Waals surface area contributed by atoms with E-state index in [1.807, 2.05) is 43.1 Å². The Morgan fingerprint density at radius 2 is 2.00 bits per heavy atom. The van der Waals surface area contributed by atoms with Crippen molar-refractivity contribution in [3.8, 4) is 0 Å². The summed E-state index contributed by atoms with van der Waals surface area (Å²) in [6, 6.07) is 7.46. The van der Waals surface area contributed by atoms with Gasteiger partial charge in [0.1, 0.15) is 6.54 Å². The van der Waals surface area contributed by atoms with E-state index in [9.17, 15) is 9.59 Å². The van der Waals surface area contributed by atoms with E-state index in [0.29, 0.717) is 17.2 Å². The maximum absolute atomic E-state index is 12.5. The number of nitrogens with zero attached hydrogens (tertiary/aromatic N) is 5. The predicted octanol–water partition coefficient (Wildman–Crippen LogP) is 1.68. The third-order valence-electron chi connectivity index (χ3n) is 4.03. The number of aryl methyl sites for hydroxylation is 1. The van der Waals surface area contributed by atoms with Crippen molar-refractivity contribution in [2.24, 2.45) is 0 Å². The van der Waals surface area contributed by atoms with Crippen LogP contribution in [-0.4, -0.2) is 38.7 Å². The average molecular weight is 354 g/mol. The highest BCUT2D eigenvalue weighted by molar-refractivity contribution is 5.90. The summed E-state index contributed by atoms with van der Waals surface area (Å²) in [5, 5.41) is 7.09. The second-order valence-electron chi connectivity index (χ2n) is 6.22. The SMILES string of the molecule is CCCN(C)c1nccn2c(=O)n(CC(=O)Nc3ccc(C)cc3)nc12. The molecule has 0 aliphatic carbocycles. The number of carbonyl (C=O) groups excluding carboxylic acids is 1. The highest BCUT2D eigenvalue weighted by Gasteiger charge is 2.16. The first-order valence-electron chi connectivity index (χ1n) is 8.51. The standard InChI is InChI=1S/C18H22N6O2/c1-4-10-22(3)16-17-21-24(18(26)23(17)11-9-19-16)12-15(25)20-14-7-5-13(2)6-8-14/h5-9,11H,4,10,12H2,1-3H3,(H,20,25). The number of carbonyl (C=O) groups is 1. The fourth-order valence-corrected chi connectivity index (χ4v) is 2.72. The zero-order valence-electron chi connectivity index (χ0n) is 15.1. The van der Waals surface area contributed by atoms with Gasteiger partial charge in [-0.2, -0.15) is 0 Å². The van der Waals surface area contributed by atoms with Crippen molar-refractivity contribution in [3.05, 3.63) is 52.7 Å². The van der Waals surface area contributed by atoms with Crippen molar-refractivity contribution in [1.29, 1.82) is 0 Å². The minimum atomic E-state index is -0.368. The Balaban J connectivity index is 1.85. The van der Waals surface area contributed by atoms with Gasteiger partial charge in [-0.25, -0.2) is 18.9 Å². The van der Waals surface area contributed by atoms with Crippen LogP contribution >= 0.6 is 0 Å². The first-order chi connectivity index (χ1) is 12.5. The molecule has 8 heteroatoms. The van der Waals surface area contributed by atoms with Crippen LogP contribution in [0.25, 0.3) is 5.65 Å². The molecule has 1 N–H and O–H groups in total. The van der Waals surface area contributed by atoms with Crippen LogP contribution in [0, 0.1) is 6.92 Å². The first-order valence-corrected chi connectivity index (χ1v) is 8.51. The minimum Gasteiger partial charge on any atom is -0.357 e. The molecule has 26 heavy (non-hydrogen) atoms. The van der Waals surface area contributed by atoms with Gasteiger partial charge in [-0.15, -0.1) is 5.10 Å². The van der Waals surface area contributed by atoms with Crippen molar-refractivity contribution >= 4 is 23.1 Å². The molecule has 2 heterocycles. The normalized spacial score (nSPS) is 10.9. The van der Waals surface area contributed by atoms with Crippen LogP contribution in [0.2, 0.25) is 0 Å². The van der Waals surface area contributed by atoms with Gasteiger partial charge in [0.05, 0.1) is 0 Å². The molecule has 0 bridgehead atoms. The second kappa shape index (κ2) is 7.38. The van der Waals surface area contributed by atoms with Crippen LogP contribution in [0.3, 0.4) is 0 Å². The second-order valence-corrected chi connectivity index (χ2v) is 6.22. The van der Waals surface area contributed by atoms with Gasteiger partial charge in [-0.1, -0.05) is 24.6 Å². The van der Waals surface area contributed by atoms with Gasteiger partial charge in [0.15, 0.2) is 5.82 Å². The van der Waals surface area contributed by atoms with Crippen molar-refractivity contribution < 1.29 is 4.79 Å². The van der Waals surface area contributed by atoms with E-state index in [-0.39, 0.29) is 18.1 Å². The maximum atomic E-state index is 12.5. The highest BCUT2D eigenvalue weighted by Crippen LogP contribution is 2.14. The van der Waals surface area contributed by atoms with E-state index in [1.54, 1.807) is 12.4 Å². The Kier molecular flexibility index (Phi) is 5.01. The third kappa shape index (κ3) is 3.58. The Labute approximate surface area is 151 Å². The molecular weight excluding hydrogens is 332 g/mol. The Hall–Kier alpha value is -3.16. The van der Waals surface area contributed by atoms with Gasteiger partial charge in [0.25, 0.3) is 0 Å². The molecular formula is C18H22N6O2. The van der Waals surface area contributed by atoms with Gasteiger partial charge in [-0.3, -0.25) is 4.79 Å². The van der Waals surface area contributed by atoms with E-state index >= 15 is 0 Å². The summed E-state index contributed by atoms with van der Waals surface area (Å²) in [6.45, 7) is 4.67. The molecule has 0 atom stereocenters. The van der Waals surface area contributed by atoms with Gasteiger partial charge in [-0.05, 0) is 25.5 Å². The number of benzene rings is 1. The van der Waals surface area contributed by atoms with E-state index in [2.05, 4.69) is 22.3 Å². The molecule has 8 nitrogen and oxygen atoms in total. The molecule has 136 valence electrons. The van der Waals surface area contributed by atoms with Crippen molar-refractivity contribution in [2.45, 2.75) is 26.8 Å². The van der Waals surface area contributed by atoms with Gasteiger partial charge < -0.3 is 10.2 Å². The molecule has 0 aliphatic heterocycles. The van der Waals surface area contributed by atoms with E-state index in [4.69, 9.17) is 0 Å². The predicted molar refractivity (Wildman–Crippen MR) is 101 cm³/mol. The molecule has 1 aromatic carbocycles. The molecule has 0 unspecified atom stereocenters.